The van der Waals surface area contributed by atoms with Crippen LogP contribution >= 0.6 is 11.6 Å². The van der Waals surface area contributed by atoms with Crippen LogP contribution in [0.2, 0.25) is 0 Å². The molecule has 1 saturated heterocycles. The van der Waals surface area contributed by atoms with Crippen LogP contribution in [-0.2, 0) is 24.3 Å². The van der Waals surface area contributed by atoms with Crippen molar-refractivity contribution in [1.82, 2.24) is 4.72 Å². The van der Waals surface area contributed by atoms with Gasteiger partial charge in [-0.25, -0.2) is 13.1 Å². The molecule has 1 aliphatic rings. The Morgan fingerprint density at radius 1 is 1.65 bits per heavy atom. The number of halogens is 1. The van der Waals surface area contributed by atoms with Crippen LogP contribution in [0.25, 0.3) is 0 Å². The molecule has 0 bridgehead atoms. The van der Waals surface area contributed by atoms with E-state index in [9.17, 15) is 13.2 Å². The Labute approximate surface area is 106 Å². The molecule has 0 spiro atoms. The maximum Gasteiger partial charge on any atom is 0.325 e. The molecule has 0 aromatic rings. The maximum absolute atomic E-state index is 11.6. The molecule has 2 atom stereocenters. The van der Waals surface area contributed by atoms with E-state index < -0.39 is 21.4 Å². The van der Waals surface area contributed by atoms with Gasteiger partial charge in [-0.1, -0.05) is 0 Å². The third kappa shape index (κ3) is 5.20. The lowest BCUT2D eigenvalue weighted by Crippen LogP contribution is -2.38. The summed E-state index contributed by atoms with van der Waals surface area (Å²) in [6, 6.07) is 0. The molecule has 6 nitrogen and oxygen atoms in total. The van der Waals surface area contributed by atoms with Gasteiger partial charge in [0.2, 0.25) is 10.0 Å². The molecule has 0 amide bonds. The van der Waals surface area contributed by atoms with Gasteiger partial charge in [0.25, 0.3) is 0 Å². The molecule has 1 fully saturated rings. The van der Waals surface area contributed by atoms with E-state index in [1.165, 1.54) is 7.11 Å². The van der Waals surface area contributed by atoms with E-state index in [-0.39, 0.29) is 18.4 Å². The summed E-state index contributed by atoms with van der Waals surface area (Å²) in [4.78, 5) is 11.0. The van der Waals surface area contributed by atoms with Crippen molar-refractivity contribution in [1.29, 1.82) is 0 Å². The van der Waals surface area contributed by atoms with Crippen molar-refractivity contribution in [3.63, 3.8) is 0 Å². The van der Waals surface area contributed by atoms with Crippen molar-refractivity contribution in [2.45, 2.75) is 24.3 Å². The van der Waals surface area contributed by atoms with E-state index >= 15 is 0 Å². The lowest BCUT2D eigenvalue weighted by molar-refractivity contribution is -0.140. The van der Waals surface area contributed by atoms with Crippen molar-refractivity contribution in [2.75, 3.05) is 26.0 Å². The van der Waals surface area contributed by atoms with Gasteiger partial charge < -0.3 is 9.47 Å². The van der Waals surface area contributed by atoms with Gasteiger partial charge in [-0.15, -0.1) is 11.6 Å². The van der Waals surface area contributed by atoms with Gasteiger partial charge in [0.1, 0.15) is 5.38 Å². The van der Waals surface area contributed by atoms with E-state index in [0.29, 0.717) is 6.61 Å². The summed E-state index contributed by atoms with van der Waals surface area (Å²) in [6.45, 7) is 0.420. The number of hydrogen-bond donors (Lipinski definition) is 1. The van der Waals surface area contributed by atoms with Crippen LogP contribution in [0.3, 0.4) is 0 Å². The fourth-order valence-electron chi connectivity index (χ4n) is 1.49. The first-order valence-corrected chi connectivity index (χ1v) is 7.34. The van der Waals surface area contributed by atoms with Crippen molar-refractivity contribution in [3.05, 3.63) is 0 Å². The number of methoxy groups -OCH3 is 1. The third-order valence-electron chi connectivity index (χ3n) is 2.37. The van der Waals surface area contributed by atoms with Gasteiger partial charge in [-0.2, -0.15) is 0 Å². The molecule has 0 aromatic carbocycles. The molecule has 1 heterocycles. The van der Waals surface area contributed by atoms with Gasteiger partial charge in [0.05, 0.1) is 19.0 Å². The van der Waals surface area contributed by atoms with E-state index in [4.69, 9.17) is 16.3 Å². The second-order valence-corrected chi connectivity index (χ2v) is 6.13. The average Bonchev–Trinajstić information content (AvgIpc) is 2.76. The van der Waals surface area contributed by atoms with Crippen LogP contribution in [0.5, 0.6) is 0 Å². The Bertz CT molecular complexity index is 352. The second-order valence-electron chi connectivity index (χ2n) is 3.76. The minimum absolute atomic E-state index is 0.0994. The Balaban J connectivity index is 2.36. The van der Waals surface area contributed by atoms with Crippen molar-refractivity contribution in [3.8, 4) is 0 Å². The fourth-order valence-corrected chi connectivity index (χ4v) is 3.04. The fraction of sp³-hybridized carbons (Fsp3) is 0.889. The largest absolute Gasteiger partial charge is 0.468 e. The summed E-state index contributed by atoms with van der Waals surface area (Å²) in [5.41, 5.74) is 0. The number of alkyl halides is 1. The standard InChI is InChI=1S/C9H16ClNO5S/c1-15-9(12)8(10)5-11-17(13,14)6-7-3-2-4-16-7/h7-8,11H,2-6H2,1H3. The molecule has 1 N–H and O–H groups in total. The SMILES string of the molecule is COC(=O)C(Cl)CNS(=O)(=O)CC1CCCO1. The van der Waals surface area contributed by atoms with Crippen molar-refractivity contribution >= 4 is 27.6 Å². The first kappa shape index (κ1) is 14.7. The highest BCUT2D eigenvalue weighted by atomic mass is 35.5. The average molecular weight is 286 g/mol. The molecule has 17 heavy (non-hydrogen) atoms. The number of ether oxygens (including phenoxy) is 2. The lowest BCUT2D eigenvalue weighted by atomic mass is 10.3. The molecule has 1 aliphatic heterocycles. The normalized spacial score (nSPS) is 22.4. The molecular formula is C9H16ClNO5S. The minimum Gasteiger partial charge on any atom is -0.468 e. The summed E-state index contributed by atoms with van der Waals surface area (Å²) < 4.78 is 35.1. The van der Waals surface area contributed by atoms with Gasteiger partial charge in [0.15, 0.2) is 0 Å². The van der Waals surface area contributed by atoms with Gasteiger partial charge in [-0.3, -0.25) is 4.79 Å². The van der Waals surface area contributed by atoms with Crippen molar-refractivity contribution in [2.24, 2.45) is 0 Å². The molecule has 1 rings (SSSR count). The number of carbonyl (C=O) groups is 1. The number of carbonyl (C=O) groups excluding carboxylic acids is 1. The molecule has 0 aliphatic carbocycles. The number of rotatable bonds is 6. The van der Waals surface area contributed by atoms with Crippen molar-refractivity contribution < 1.29 is 22.7 Å². The van der Waals surface area contributed by atoms with E-state index in [2.05, 4.69) is 9.46 Å². The monoisotopic (exact) mass is 285 g/mol. The van der Waals surface area contributed by atoms with Crippen LogP contribution in [-0.4, -0.2) is 51.9 Å². The predicted molar refractivity (Wildman–Crippen MR) is 62.4 cm³/mol. The third-order valence-corrected chi connectivity index (χ3v) is 4.12. The Hall–Kier alpha value is -0.370. The number of sulfonamides is 1. The van der Waals surface area contributed by atoms with Crippen LogP contribution in [0.4, 0.5) is 0 Å². The summed E-state index contributed by atoms with van der Waals surface area (Å²) in [5, 5.41) is -1.01. The highest BCUT2D eigenvalue weighted by molar-refractivity contribution is 7.89. The molecular weight excluding hydrogens is 270 g/mol. The van der Waals surface area contributed by atoms with Crippen LogP contribution in [0.1, 0.15) is 12.8 Å². The van der Waals surface area contributed by atoms with E-state index in [1.807, 2.05) is 0 Å². The Kier molecular flexibility index (Phi) is 5.64. The first-order chi connectivity index (χ1) is 7.94. The zero-order valence-corrected chi connectivity index (χ0v) is 11.1. The summed E-state index contributed by atoms with van der Waals surface area (Å²) in [6.07, 6.45) is 1.35. The predicted octanol–water partition coefficient (Wildman–Crippen LogP) is -0.135. The molecule has 0 saturated carbocycles. The number of hydrogen-bond acceptors (Lipinski definition) is 5. The highest BCUT2D eigenvalue weighted by Gasteiger charge is 2.25. The summed E-state index contributed by atoms with van der Waals surface area (Å²) in [7, 11) is -2.28. The molecule has 2 unspecified atom stereocenters. The van der Waals surface area contributed by atoms with Crippen LogP contribution in [0.15, 0.2) is 0 Å². The first-order valence-electron chi connectivity index (χ1n) is 5.25. The smallest absolute Gasteiger partial charge is 0.325 e. The summed E-state index contributed by atoms with van der Waals surface area (Å²) in [5.74, 6) is -0.760. The minimum atomic E-state index is -3.47. The zero-order chi connectivity index (χ0) is 12.9. The molecule has 0 aromatic heterocycles. The number of nitrogens with one attached hydrogen (secondary N) is 1. The van der Waals surface area contributed by atoms with Gasteiger partial charge >= 0.3 is 5.97 Å². The molecule has 0 radical (unpaired) electrons. The highest BCUT2D eigenvalue weighted by Crippen LogP contribution is 2.13. The number of esters is 1. The maximum atomic E-state index is 11.6. The Morgan fingerprint density at radius 2 is 2.35 bits per heavy atom. The lowest BCUT2D eigenvalue weighted by Gasteiger charge is -2.12. The second kappa shape index (κ2) is 6.53. The van der Waals surface area contributed by atoms with Crippen LogP contribution < -0.4 is 4.72 Å². The van der Waals surface area contributed by atoms with Gasteiger partial charge in [-0.05, 0) is 12.8 Å². The molecule has 100 valence electrons. The van der Waals surface area contributed by atoms with Crippen LogP contribution in [0, 0.1) is 0 Å². The van der Waals surface area contributed by atoms with E-state index in [0.717, 1.165) is 12.8 Å². The van der Waals surface area contributed by atoms with Gasteiger partial charge in [0, 0.05) is 13.2 Å². The quantitative estimate of drug-likeness (QED) is 0.543. The molecule has 8 heteroatoms. The topological polar surface area (TPSA) is 81.7 Å². The summed E-state index contributed by atoms with van der Waals surface area (Å²) >= 11 is 5.62. The zero-order valence-electron chi connectivity index (χ0n) is 9.52. The Morgan fingerprint density at radius 3 is 2.88 bits per heavy atom. The van der Waals surface area contributed by atoms with E-state index in [1.54, 1.807) is 0 Å².